The Labute approximate surface area is 208 Å². The summed E-state index contributed by atoms with van der Waals surface area (Å²) >= 11 is 0. The van der Waals surface area contributed by atoms with Gasteiger partial charge in [0.1, 0.15) is 12.4 Å². The minimum Gasteiger partial charge on any atom is -0.490 e. The molecule has 0 atom stereocenters. The normalized spacial score (nSPS) is 14.0. The first kappa shape index (κ1) is 24.7. The van der Waals surface area contributed by atoms with Gasteiger partial charge in [0.05, 0.1) is 16.1 Å². The van der Waals surface area contributed by atoms with Crippen LogP contribution < -0.4 is 15.1 Å². The van der Waals surface area contributed by atoms with Gasteiger partial charge in [-0.25, -0.2) is 0 Å². The summed E-state index contributed by atoms with van der Waals surface area (Å²) in [5.41, 5.74) is 7.50. The number of hydrogen-bond donors (Lipinski definition) is 0. The van der Waals surface area contributed by atoms with Crippen molar-refractivity contribution in [2.45, 2.75) is 64.5 Å². The van der Waals surface area contributed by atoms with Crippen molar-refractivity contribution < 1.29 is 4.74 Å². The maximum Gasteiger partial charge on any atom is 0.118 e. The highest BCUT2D eigenvalue weighted by Crippen LogP contribution is 2.49. The van der Waals surface area contributed by atoms with E-state index >= 15 is 0 Å². The molecule has 0 saturated carbocycles. The second kappa shape index (κ2) is 8.69. The van der Waals surface area contributed by atoms with Crippen molar-refractivity contribution in [3.05, 3.63) is 90.0 Å². The Morgan fingerprint density at radius 2 is 1.35 bits per heavy atom. The maximum atomic E-state index is 6.63. The second-order valence-corrected chi connectivity index (χ2v) is 21.8. The predicted molar refractivity (Wildman–Crippen MR) is 155 cm³/mol. The van der Waals surface area contributed by atoms with Crippen molar-refractivity contribution >= 4 is 26.5 Å². The molecule has 0 aliphatic heterocycles. The molecular formula is C31H40OSi2. The summed E-state index contributed by atoms with van der Waals surface area (Å²) in [4.78, 5) is 0. The fourth-order valence-corrected chi connectivity index (χ4v) is 11.6. The van der Waals surface area contributed by atoms with E-state index in [1.54, 1.807) is 0 Å². The highest BCUT2D eigenvalue weighted by atomic mass is 28.3. The quantitative estimate of drug-likeness (QED) is 0.259. The molecule has 1 aliphatic rings. The summed E-state index contributed by atoms with van der Waals surface area (Å²) < 4.78 is 6.63. The molecule has 3 heteroatoms. The van der Waals surface area contributed by atoms with E-state index in [4.69, 9.17) is 4.74 Å². The average Bonchev–Trinajstić information content (AvgIpc) is 3.12. The Kier molecular flexibility index (Phi) is 6.33. The highest BCUT2D eigenvalue weighted by Gasteiger charge is 2.46. The van der Waals surface area contributed by atoms with Gasteiger partial charge in [-0.15, -0.1) is 0 Å². The molecule has 0 bridgehead atoms. The molecule has 3 aromatic carbocycles. The molecule has 178 valence electrons. The van der Waals surface area contributed by atoms with Gasteiger partial charge >= 0.3 is 0 Å². The summed E-state index contributed by atoms with van der Waals surface area (Å²) in [7, 11) is -3.92. The van der Waals surface area contributed by atoms with Gasteiger partial charge < -0.3 is 4.74 Å². The number of benzene rings is 3. The Morgan fingerprint density at radius 3 is 1.85 bits per heavy atom. The van der Waals surface area contributed by atoms with Crippen LogP contribution in [0.1, 0.15) is 43.0 Å². The molecule has 0 N–H and O–H groups in total. The molecule has 0 amide bonds. The SMILES string of the molecule is C=CCOc1c([Si](C)(C)C2c3ccccc3-c3ccccc32)cc(C)cc1[Si](C)(C)C(C)(C)C. The lowest BCUT2D eigenvalue weighted by molar-refractivity contribution is 0.368. The summed E-state index contributed by atoms with van der Waals surface area (Å²) in [6.07, 6.45) is 1.88. The van der Waals surface area contributed by atoms with Crippen molar-refractivity contribution in [1.82, 2.24) is 0 Å². The van der Waals surface area contributed by atoms with Gasteiger partial charge in [-0.1, -0.05) is 126 Å². The van der Waals surface area contributed by atoms with Gasteiger partial charge in [-0.2, -0.15) is 0 Å². The fraction of sp³-hybridized carbons (Fsp3) is 0.355. The fourth-order valence-electron chi connectivity index (χ4n) is 5.51. The third-order valence-corrected chi connectivity index (χ3v) is 17.7. The van der Waals surface area contributed by atoms with Crippen molar-refractivity contribution in [1.29, 1.82) is 0 Å². The summed E-state index contributed by atoms with van der Waals surface area (Å²) in [5, 5.41) is 3.13. The molecule has 0 heterocycles. The van der Waals surface area contributed by atoms with Crippen molar-refractivity contribution in [3.63, 3.8) is 0 Å². The van der Waals surface area contributed by atoms with Crippen LogP contribution in [0.5, 0.6) is 5.75 Å². The van der Waals surface area contributed by atoms with Gasteiger partial charge in [0.2, 0.25) is 0 Å². The van der Waals surface area contributed by atoms with Crippen LogP contribution in [0.3, 0.4) is 0 Å². The summed E-state index contributed by atoms with van der Waals surface area (Å²) in [5.74, 6) is 1.15. The van der Waals surface area contributed by atoms with Crippen molar-refractivity contribution in [3.8, 4) is 16.9 Å². The van der Waals surface area contributed by atoms with Crippen molar-refractivity contribution in [2.24, 2.45) is 0 Å². The zero-order valence-electron chi connectivity index (χ0n) is 22.3. The van der Waals surface area contributed by atoms with Crippen LogP contribution in [0.25, 0.3) is 11.1 Å². The standard InChI is InChI=1S/C31H40OSi2/c1-10-19-32-29-27(20-22(2)21-28(29)34(8,9)31(3,4)5)33(6,7)30-25-17-13-11-15-23(25)24-16-12-14-18-26(24)30/h10-18,20-21,30H,1,19H2,2-9H3. The number of rotatable bonds is 6. The molecular weight excluding hydrogens is 445 g/mol. The topological polar surface area (TPSA) is 9.23 Å². The van der Waals surface area contributed by atoms with Crippen LogP contribution in [0.15, 0.2) is 73.3 Å². The van der Waals surface area contributed by atoms with E-state index in [1.807, 2.05) is 6.08 Å². The molecule has 1 aliphatic carbocycles. The molecule has 0 radical (unpaired) electrons. The first-order valence-corrected chi connectivity index (χ1v) is 18.6. The van der Waals surface area contributed by atoms with Crippen LogP contribution in [0, 0.1) is 6.92 Å². The zero-order chi connectivity index (χ0) is 24.9. The van der Waals surface area contributed by atoms with E-state index in [-0.39, 0.29) is 5.04 Å². The molecule has 4 rings (SSSR count). The van der Waals surface area contributed by atoms with E-state index in [2.05, 4.69) is 121 Å². The summed E-state index contributed by atoms with van der Waals surface area (Å²) in [6, 6.07) is 22.9. The maximum absolute atomic E-state index is 6.63. The van der Waals surface area contributed by atoms with E-state index in [1.165, 1.54) is 38.2 Å². The molecule has 0 unspecified atom stereocenters. The number of hydrogen-bond acceptors (Lipinski definition) is 1. The molecule has 0 fully saturated rings. The molecule has 34 heavy (non-hydrogen) atoms. The van der Waals surface area contributed by atoms with E-state index < -0.39 is 16.1 Å². The largest absolute Gasteiger partial charge is 0.490 e. The third kappa shape index (κ3) is 3.93. The number of aryl methyl sites for hydroxylation is 1. The Morgan fingerprint density at radius 1 is 0.853 bits per heavy atom. The van der Waals surface area contributed by atoms with Gasteiger partial charge in [-0.3, -0.25) is 0 Å². The van der Waals surface area contributed by atoms with Gasteiger partial charge in [0, 0.05) is 5.54 Å². The number of ether oxygens (including phenoxy) is 1. The minimum absolute atomic E-state index is 0.225. The zero-order valence-corrected chi connectivity index (χ0v) is 24.3. The molecule has 3 aromatic rings. The molecule has 1 nitrogen and oxygen atoms in total. The molecule has 0 saturated heterocycles. The van der Waals surface area contributed by atoms with Crippen molar-refractivity contribution in [2.75, 3.05) is 6.61 Å². The van der Waals surface area contributed by atoms with Gasteiger partial charge in [0.15, 0.2) is 0 Å². The monoisotopic (exact) mass is 484 g/mol. The Balaban J connectivity index is 2.00. The lowest BCUT2D eigenvalue weighted by Crippen LogP contribution is -2.55. The second-order valence-electron chi connectivity index (χ2n) is 12.0. The first-order chi connectivity index (χ1) is 15.9. The smallest absolute Gasteiger partial charge is 0.118 e. The minimum atomic E-state index is -2.08. The lowest BCUT2D eigenvalue weighted by Gasteiger charge is -2.41. The average molecular weight is 485 g/mol. The Hall–Kier alpha value is -2.37. The summed E-state index contributed by atoms with van der Waals surface area (Å²) in [6.45, 7) is 24.0. The lowest BCUT2D eigenvalue weighted by atomic mass is 10.1. The predicted octanol–water partition coefficient (Wildman–Crippen LogP) is 7.54. The van der Waals surface area contributed by atoms with Crippen LogP contribution >= 0.6 is 0 Å². The van der Waals surface area contributed by atoms with E-state index in [0.717, 1.165) is 5.75 Å². The van der Waals surface area contributed by atoms with Crippen LogP contribution in [-0.4, -0.2) is 22.8 Å². The van der Waals surface area contributed by atoms with Gasteiger partial charge in [0.25, 0.3) is 0 Å². The first-order valence-electron chi connectivity index (χ1n) is 12.5. The number of fused-ring (bicyclic) bond motifs is 3. The Bertz CT molecular complexity index is 1180. The van der Waals surface area contributed by atoms with Crippen LogP contribution in [0.4, 0.5) is 0 Å². The molecule has 0 spiro atoms. The highest BCUT2D eigenvalue weighted by molar-refractivity contribution is 6.95. The van der Waals surface area contributed by atoms with Crippen LogP contribution in [0.2, 0.25) is 31.2 Å². The molecule has 0 aromatic heterocycles. The van der Waals surface area contributed by atoms with Gasteiger partial charge in [-0.05, 0) is 44.6 Å². The van der Waals surface area contributed by atoms with E-state index in [9.17, 15) is 0 Å². The van der Waals surface area contributed by atoms with E-state index in [0.29, 0.717) is 12.1 Å². The van der Waals surface area contributed by atoms with Crippen LogP contribution in [-0.2, 0) is 0 Å². The third-order valence-electron chi connectivity index (χ3n) is 8.38.